The largest absolute Gasteiger partial charge is 0.261 e. The van der Waals surface area contributed by atoms with E-state index in [2.05, 4.69) is 107 Å². The average Bonchev–Trinajstić information content (AvgIpc) is 2.96. The topological polar surface area (TPSA) is 51.6 Å². The predicted octanol–water partition coefficient (Wildman–Crippen LogP) is 6.91. The molecule has 0 saturated heterocycles. The van der Waals surface area contributed by atoms with E-state index in [1.807, 2.05) is 12.4 Å². The van der Waals surface area contributed by atoms with Crippen LogP contribution in [0, 0.1) is 0 Å². The second-order valence-corrected chi connectivity index (χ2v) is 12.7. The first-order valence-corrected chi connectivity index (χ1v) is 15.1. The minimum atomic E-state index is -0.914. The molecule has 0 aliphatic carbocycles. The molecule has 0 radical (unpaired) electrons. The molecule has 38 heavy (non-hydrogen) atoms. The average molecular weight is 535 g/mol. The Balaban J connectivity index is 1.82. The molecule has 5 rings (SSSR count). The SMILES string of the molecule is CC(C)(C)c1c(CP(c2cnccn2)c2cnccn2)c(CP)cc(-c2ccccc2)c1-c1ccccc1. The summed E-state index contributed by atoms with van der Waals surface area (Å²) in [6.45, 7) is 6.98. The van der Waals surface area contributed by atoms with Crippen LogP contribution in [0.4, 0.5) is 0 Å². The van der Waals surface area contributed by atoms with Gasteiger partial charge >= 0.3 is 0 Å². The fourth-order valence-corrected chi connectivity index (χ4v) is 7.44. The lowest BCUT2D eigenvalue weighted by Crippen LogP contribution is -2.23. The van der Waals surface area contributed by atoms with E-state index in [9.17, 15) is 0 Å². The van der Waals surface area contributed by atoms with Gasteiger partial charge in [0.2, 0.25) is 0 Å². The summed E-state index contributed by atoms with van der Waals surface area (Å²) < 4.78 is 0. The lowest BCUT2D eigenvalue weighted by atomic mass is 9.75. The van der Waals surface area contributed by atoms with Crippen LogP contribution in [-0.2, 0) is 17.7 Å². The van der Waals surface area contributed by atoms with E-state index >= 15 is 0 Å². The van der Waals surface area contributed by atoms with Gasteiger partial charge in [-0.25, -0.2) is 0 Å². The van der Waals surface area contributed by atoms with Gasteiger partial charge in [-0.1, -0.05) is 81.4 Å². The molecule has 0 bridgehead atoms. The Morgan fingerprint density at radius 2 is 1.29 bits per heavy atom. The molecule has 3 aromatic carbocycles. The monoisotopic (exact) mass is 534 g/mol. The van der Waals surface area contributed by atoms with Crippen molar-refractivity contribution >= 4 is 28.0 Å². The van der Waals surface area contributed by atoms with Crippen molar-refractivity contribution in [3.8, 4) is 22.3 Å². The first-order chi connectivity index (χ1) is 18.5. The second-order valence-electron chi connectivity index (χ2n) is 10.2. The summed E-state index contributed by atoms with van der Waals surface area (Å²) in [6, 6.07) is 24.0. The van der Waals surface area contributed by atoms with Crippen molar-refractivity contribution in [2.24, 2.45) is 0 Å². The Morgan fingerprint density at radius 1 is 0.737 bits per heavy atom. The van der Waals surface area contributed by atoms with Crippen LogP contribution in [0.2, 0.25) is 0 Å². The van der Waals surface area contributed by atoms with Crippen LogP contribution in [0.25, 0.3) is 22.3 Å². The van der Waals surface area contributed by atoms with Crippen molar-refractivity contribution in [3.05, 3.63) is 121 Å². The maximum atomic E-state index is 4.74. The van der Waals surface area contributed by atoms with Crippen LogP contribution in [-0.4, -0.2) is 19.9 Å². The molecule has 4 nitrogen and oxygen atoms in total. The molecule has 0 aliphatic heterocycles. The standard InChI is InChI=1S/C32H32N4P2/c1-32(2,3)31-27(22-38(28-19-33-14-16-35-28)29-20-34-15-17-36-29)25(21-37)18-26(23-10-6-4-7-11-23)30(31)24-12-8-5-9-13-24/h4-20H,21-22,37H2,1-3H3. The van der Waals surface area contributed by atoms with Crippen LogP contribution in [0.1, 0.15) is 37.5 Å². The fourth-order valence-electron chi connectivity index (χ4n) is 5.02. The van der Waals surface area contributed by atoms with Gasteiger partial charge in [0.1, 0.15) is 0 Å². The molecule has 0 spiro atoms. The molecule has 0 fully saturated rings. The molecule has 2 heterocycles. The molecule has 2 aromatic heterocycles. The predicted molar refractivity (Wildman–Crippen MR) is 163 cm³/mol. The molecule has 1 unspecified atom stereocenters. The molecular weight excluding hydrogens is 502 g/mol. The van der Waals surface area contributed by atoms with E-state index in [4.69, 9.17) is 9.97 Å². The highest BCUT2D eigenvalue weighted by molar-refractivity contribution is 7.71. The van der Waals surface area contributed by atoms with Gasteiger partial charge in [-0.15, -0.1) is 9.24 Å². The summed E-state index contributed by atoms with van der Waals surface area (Å²) in [7, 11) is 2.05. The van der Waals surface area contributed by atoms with E-state index in [1.165, 1.54) is 38.9 Å². The van der Waals surface area contributed by atoms with E-state index in [-0.39, 0.29) is 5.41 Å². The number of rotatable bonds is 7. The lowest BCUT2D eigenvalue weighted by molar-refractivity contribution is 0.586. The maximum absolute atomic E-state index is 4.74. The summed E-state index contributed by atoms with van der Waals surface area (Å²) in [5.74, 6) is 0. The van der Waals surface area contributed by atoms with Gasteiger partial charge in [-0.3, -0.25) is 19.9 Å². The molecule has 5 aromatic rings. The van der Waals surface area contributed by atoms with Crippen LogP contribution in [0.5, 0.6) is 0 Å². The Hall–Kier alpha value is -3.32. The smallest absolute Gasteiger partial charge is 0.0877 e. The van der Waals surface area contributed by atoms with Gasteiger partial charge in [-0.05, 0) is 56.6 Å². The van der Waals surface area contributed by atoms with E-state index in [1.54, 1.807) is 24.8 Å². The minimum absolute atomic E-state index is 0.106. The molecule has 0 amide bonds. The van der Waals surface area contributed by atoms with Crippen molar-refractivity contribution in [3.63, 3.8) is 0 Å². The molecule has 6 heteroatoms. The Kier molecular flexibility index (Phi) is 8.03. The maximum Gasteiger partial charge on any atom is 0.0877 e. The van der Waals surface area contributed by atoms with Crippen LogP contribution in [0.3, 0.4) is 0 Å². The van der Waals surface area contributed by atoms with Crippen LogP contribution < -0.4 is 10.9 Å². The Bertz CT molecular complexity index is 1450. The summed E-state index contributed by atoms with van der Waals surface area (Å²) in [6.07, 6.45) is 12.4. The van der Waals surface area contributed by atoms with Gasteiger partial charge in [0, 0.05) is 38.9 Å². The number of aromatic nitrogens is 4. The molecule has 190 valence electrons. The molecular formula is C32H32N4P2. The number of nitrogens with zero attached hydrogens (tertiary/aromatic N) is 4. The zero-order valence-corrected chi connectivity index (χ0v) is 24.1. The van der Waals surface area contributed by atoms with Crippen molar-refractivity contribution in [1.29, 1.82) is 0 Å². The highest BCUT2D eigenvalue weighted by Gasteiger charge is 2.30. The highest BCUT2D eigenvalue weighted by atomic mass is 31.1. The number of hydrogen-bond donors (Lipinski definition) is 0. The summed E-state index contributed by atoms with van der Waals surface area (Å²) in [5, 5.41) is 0. The number of benzene rings is 3. The van der Waals surface area contributed by atoms with Gasteiger partial charge in [0.15, 0.2) is 0 Å². The van der Waals surface area contributed by atoms with Crippen molar-refractivity contribution in [2.75, 3.05) is 0 Å². The zero-order valence-electron chi connectivity index (χ0n) is 22.0. The fraction of sp³-hybridized carbons (Fsp3) is 0.188. The van der Waals surface area contributed by atoms with Crippen molar-refractivity contribution < 1.29 is 0 Å². The molecule has 0 N–H and O–H groups in total. The van der Waals surface area contributed by atoms with Gasteiger partial charge in [-0.2, -0.15) is 0 Å². The normalized spacial score (nSPS) is 11.6. The minimum Gasteiger partial charge on any atom is -0.261 e. The summed E-state index contributed by atoms with van der Waals surface area (Å²) in [5.41, 5.74) is 10.9. The third-order valence-electron chi connectivity index (χ3n) is 6.61. The van der Waals surface area contributed by atoms with Gasteiger partial charge < -0.3 is 0 Å². The third-order valence-corrected chi connectivity index (χ3v) is 9.25. The van der Waals surface area contributed by atoms with E-state index in [0.717, 1.165) is 23.2 Å². The second kappa shape index (κ2) is 11.6. The number of hydrogen-bond acceptors (Lipinski definition) is 4. The lowest BCUT2D eigenvalue weighted by Gasteiger charge is -2.32. The first-order valence-electron chi connectivity index (χ1n) is 12.8. The zero-order chi connectivity index (χ0) is 26.5. The molecule has 1 atom stereocenters. The first kappa shape index (κ1) is 26.3. The Labute approximate surface area is 229 Å². The summed E-state index contributed by atoms with van der Waals surface area (Å²) in [4.78, 5) is 18.3. The van der Waals surface area contributed by atoms with Crippen LogP contribution in [0.15, 0.2) is 104 Å². The van der Waals surface area contributed by atoms with Gasteiger partial charge in [0.05, 0.1) is 23.3 Å². The van der Waals surface area contributed by atoms with Crippen molar-refractivity contribution in [2.45, 2.75) is 38.5 Å². The van der Waals surface area contributed by atoms with Gasteiger partial charge in [0.25, 0.3) is 0 Å². The highest BCUT2D eigenvalue weighted by Crippen LogP contribution is 2.48. The Morgan fingerprint density at radius 3 is 1.76 bits per heavy atom. The van der Waals surface area contributed by atoms with E-state index in [0.29, 0.717) is 0 Å². The van der Waals surface area contributed by atoms with E-state index < -0.39 is 7.92 Å². The summed E-state index contributed by atoms with van der Waals surface area (Å²) >= 11 is 0. The molecule has 0 aliphatic rings. The van der Waals surface area contributed by atoms with Crippen LogP contribution >= 0.6 is 17.2 Å². The quantitative estimate of drug-likeness (QED) is 0.213. The van der Waals surface area contributed by atoms with Crippen molar-refractivity contribution in [1.82, 2.24) is 19.9 Å². The third kappa shape index (κ3) is 5.58. The molecule has 0 saturated carbocycles.